The summed E-state index contributed by atoms with van der Waals surface area (Å²) in [5, 5.41) is 15.8. The summed E-state index contributed by atoms with van der Waals surface area (Å²) >= 11 is 0. The fraction of sp³-hybridized carbons (Fsp3) is 0.611. The zero-order chi connectivity index (χ0) is 17.4. The van der Waals surface area contributed by atoms with Gasteiger partial charge >= 0.3 is 0 Å². The number of ether oxygens (including phenoxy) is 2. The number of nitrogens with one attached hydrogen (secondary N) is 2. The summed E-state index contributed by atoms with van der Waals surface area (Å²) in [6, 6.07) is 6.19. The molecule has 0 spiro atoms. The highest BCUT2D eigenvalue weighted by Crippen LogP contribution is 2.28. The largest absolute Gasteiger partial charge is 0.493 e. The molecule has 1 aromatic rings. The minimum absolute atomic E-state index is 0.0216. The van der Waals surface area contributed by atoms with Crippen LogP contribution in [0.25, 0.3) is 0 Å². The predicted octanol–water partition coefficient (Wildman–Crippen LogP) is 1.60. The molecule has 3 N–H and O–H groups in total. The first-order chi connectivity index (χ1) is 11.6. The summed E-state index contributed by atoms with van der Waals surface area (Å²) in [6.45, 7) is 3.18. The van der Waals surface area contributed by atoms with Crippen molar-refractivity contribution >= 4 is 5.91 Å². The van der Waals surface area contributed by atoms with E-state index in [0.29, 0.717) is 24.1 Å². The van der Waals surface area contributed by atoms with Crippen LogP contribution in [0.5, 0.6) is 11.5 Å². The number of carbonyl (C=O) groups excluding carboxylic acids is 1. The first-order valence-electron chi connectivity index (χ1n) is 8.60. The molecule has 0 saturated heterocycles. The van der Waals surface area contributed by atoms with Gasteiger partial charge in [0.25, 0.3) is 5.91 Å². The average molecular weight is 336 g/mol. The summed E-state index contributed by atoms with van der Waals surface area (Å²) in [5.41, 5.74) is 1.10. The summed E-state index contributed by atoms with van der Waals surface area (Å²) in [6.07, 6.45) is 3.61. The van der Waals surface area contributed by atoms with E-state index in [-0.39, 0.29) is 18.6 Å². The molecule has 1 aliphatic rings. The lowest BCUT2D eigenvalue weighted by Gasteiger charge is -2.26. The van der Waals surface area contributed by atoms with Crippen molar-refractivity contribution in [3.8, 4) is 11.5 Å². The Labute approximate surface area is 143 Å². The minimum atomic E-state index is -0.148. The van der Waals surface area contributed by atoms with Crippen LogP contribution in [0.4, 0.5) is 0 Å². The Hall–Kier alpha value is -1.79. The quantitative estimate of drug-likeness (QED) is 0.672. The zero-order valence-electron chi connectivity index (χ0n) is 14.5. The van der Waals surface area contributed by atoms with E-state index in [1.54, 1.807) is 7.11 Å². The average Bonchev–Trinajstić information content (AvgIpc) is 2.60. The van der Waals surface area contributed by atoms with Crippen LogP contribution in [-0.2, 0) is 11.3 Å². The molecule has 1 aromatic carbocycles. The Morgan fingerprint density at radius 2 is 2.00 bits per heavy atom. The maximum atomic E-state index is 11.5. The third kappa shape index (κ3) is 5.69. The minimum Gasteiger partial charge on any atom is -0.493 e. The fourth-order valence-corrected chi connectivity index (χ4v) is 2.87. The van der Waals surface area contributed by atoms with Gasteiger partial charge in [-0.3, -0.25) is 4.79 Å². The van der Waals surface area contributed by atoms with Gasteiger partial charge in [-0.25, -0.2) is 0 Å². The van der Waals surface area contributed by atoms with E-state index < -0.39 is 0 Å². The van der Waals surface area contributed by atoms with Crippen molar-refractivity contribution in [1.29, 1.82) is 0 Å². The smallest absolute Gasteiger partial charge is 0.257 e. The van der Waals surface area contributed by atoms with Gasteiger partial charge < -0.3 is 25.2 Å². The van der Waals surface area contributed by atoms with E-state index in [0.717, 1.165) is 37.8 Å². The lowest BCUT2D eigenvalue weighted by atomic mass is 9.93. The van der Waals surface area contributed by atoms with Gasteiger partial charge in [-0.1, -0.05) is 6.07 Å². The second-order valence-electron chi connectivity index (χ2n) is 6.11. The third-order valence-corrected chi connectivity index (χ3v) is 4.25. The topological polar surface area (TPSA) is 79.8 Å². The standard InChI is InChI=1S/C18H28N2O4/c1-3-19-18(22)12-24-16-9-4-13(10-17(16)23-2)11-20-14-5-7-15(21)8-6-14/h4,9-10,14-15,20-21H,3,5-8,11-12H2,1-2H3,(H,19,22). The normalized spacial score (nSPS) is 20.5. The Kier molecular flexibility index (Phi) is 7.34. The number of methoxy groups -OCH3 is 1. The van der Waals surface area contributed by atoms with Crippen LogP contribution in [0.3, 0.4) is 0 Å². The van der Waals surface area contributed by atoms with Crippen LogP contribution in [0.2, 0.25) is 0 Å². The Morgan fingerprint density at radius 1 is 1.25 bits per heavy atom. The van der Waals surface area contributed by atoms with Crippen LogP contribution in [-0.4, -0.2) is 43.4 Å². The molecule has 0 atom stereocenters. The Morgan fingerprint density at radius 3 is 2.67 bits per heavy atom. The molecule has 0 bridgehead atoms. The maximum absolute atomic E-state index is 11.5. The molecule has 0 radical (unpaired) electrons. The molecular formula is C18H28N2O4. The van der Waals surface area contributed by atoms with Crippen molar-refractivity contribution < 1.29 is 19.4 Å². The molecule has 24 heavy (non-hydrogen) atoms. The number of benzene rings is 1. The van der Waals surface area contributed by atoms with Gasteiger partial charge in [-0.2, -0.15) is 0 Å². The fourth-order valence-electron chi connectivity index (χ4n) is 2.87. The number of carbonyl (C=O) groups is 1. The number of hydrogen-bond donors (Lipinski definition) is 3. The zero-order valence-corrected chi connectivity index (χ0v) is 14.5. The molecule has 1 amide bonds. The highest BCUT2D eigenvalue weighted by Gasteiger charge is 2.18. The third-order valence-electron chi connectivity index (χ3n) is 4.25. The molecule has 0 aromatic heterocycles. The number of amides is 1. The molecule has 1 saturated carbocycles. The molecule has 6 nitrogen and oxygen atoms in total. The van der Waals surface area contributed by atoms with Gasteiger partial charge in [0, 0.05) is 19.1 Å². The lowest BCUT2D eigenvalue weighted by molar-refractivity contribution is -0.123. The van der Waals surface area contributed by atoms with Crippen molar-refractivity contribution in [2.75, 3.05) is 20.3 Å². The van der Waals surface area contributed by atoms with Gasteiger partial charge in [-0.15, -0.1) is 0 Å². The van der Waals surface area contributed by atoms with Crippen molar-refractivity contribution in [1.82, 2.24) is 10.6 Å². The monoisotopic (exact) mass is 336 g/mol. The summed E-state index contributed by atoms with van der Waals surface area (Å²) in [7, 11) is 1.59. The molecule has 6 heteroatoms. The van der Waals surface area contributed by atoms with Gasteiger partial charge in [0.05, 0.1) is 13.2 Å². The van der Waals surface area contributed by atoms with Gasteiger partial charge in [-0.05, 0) is 50.3 Å². The van der Waals surface area contributed by atoms with Gasteiger partial charge in [0.2, 0.25) is 0 Å². The molecule has 134 valence electrons. The highest BCUT2D eigenvalue weighted by molar-refractivity contribution is 5.77. The Balaban J connectivity index is 1.87. The summed E-state index contributed by atoms with van der Waals surface area (Å²) < 4.78 is 10.9. The van der Waals surface area contributed by atoms with Gasteiger partial charge in [0.1, 0.15) is 0 Å². The SMILES string of the molecule is CCNC(=O)COc1ccc(CNC2CCC(O)CC2)cc1OC. The maximum Gasteiger partial charge on any atom is 0.257 e. The number of rotatable bonds is 8. The predicted molar refractivity (Wildman–Crippen MR) is 92.3 cm³/mol. The second-order valence-corrected chi connectivity index (χ2v) is 6.11. The first-order valence-corrected chi connectivity index (χ1v) is 8.60. The first kappa shape index (κ1) is 18.5. The van der Waals surface area contributed by atoms with E-state index in [1.807, 2.05) is 25.1 Å². The van der Waals surface area contributed by atoms with E-state index in [1.165, 1.54) is 0 Å². The van der Waals surface area contributed by atoms with Crippen molar-refractivity contribution in [3.63, 3.8) is 0 Å². The van der Waals surface area contributed by atoms with E-state index in [2.05, 4.69) is 10.6 Å². The molecule has 1 aliphatic carbocycles. The van der Waals surface area contributed by atoms with Crippen LogP contribution >= 0.6 is 0 Å². The highest BCUT2D eigenvalue weighted by atomic mass is 16.5. The van der Waals surface area contributed by atoms with Crippen molar-refractivity contribution in [3.05, 3.63) is 23.8 Å². The number of aliphatic hydroxyl groups excluding tert-OH is 1. The number of hydrogen-bond acceptors (Lipinski definition) is 5. The molecule has 0 aliphatic heterocycles. The van der Waals surface area contributed by atoms with E-state index >= 15 is 0 Å². The molecule has 1 fully saturated rings. The van der Waals surface area contributed by atoms with E-state index in [4.69, 9.17) is 9.47 Å². The Bertz CT molecular complexity index is 528. The molecule has 0 heterocycles. The van der Waals surface area contributed by atoms with E-state index in [9.17, 15) is 9.90 Å². The van der Waals surface area contributed by atoms with Crippen molar-refractivity contribution in [2.45, 2.75) is 51.3 Å². The molecule has 0 unspecified atom stereocenters. The van der Waals surface area contributed by atoms with Crippen LogP contribution in [0, 0.1) is 0 Å². The van der Waals surface area contributed by atoms with Crippen molar-refractivity contribution in [2.24, 2.45) is 0 Å². The molecular weight excluding hydrogens is 308 g/mol. The number of likely N-dealkylation sites (N-methyl/N-ethyl adjacent to an activating group) is 1. The van der Waals surface area contributed by atoms with Crippen LogP contribution in [0.15, 0.2) is 18.2 Å². The van der Waals surface area contributed by atoms with Crippen LogP contribution in [0.1, 0.15) is 38.2 Å². The molecule has 2 rings (SSSR count). The number of aliphatic hydroxyl groups is 1. The summed E-state index contributed by atoms with van der Waals surface area (Å²) in [4.78, 5) is 11.5. The summed E-state index contributed by atoms with van der Waals surface area (Å²) in [5.74, 6) is 1.04. The van der Waals surface area contributed by atoms with Crippen LogP contribution < -0.4 is 20.1 Å². The van der Waals surface area contributed by atoms with Gasteiger partial charge in [0.15, 0.2) is 18.1 Å². The lowest BCUT2D eigenvalue weighted by Crippen LogP contribution is -2.34. The second kappa shape index (κ2) is 9.49.